The highest BCUT2D eigenvalue weighted by Gasteiger charge is 2.21. The number of halogens is 2. The summed E-state index contributed by atoms with van der Waals surface area (Å²) in [5.41, 5.74) is 1.82. The van der Waals surface area contributed by atoms with Crippen LogP contribution in [0.25, 0.3) is 11.1 Å². The highest BCUT2D eigenvalue weighted by molar-refractivity contribution is 6.34. The van der Waals surface area contributed by atoms with Gasteiger partial charge in [-0.15, -0.1) is 0 Å². The van der Waals surface area contributed by atoms with Crippen molar-refractivity contribution in [1.29, 1.82) is 0 Å². The maximum Gasteiger partial charge on any atom is 0.184 e. The van der Waals surface area contributed by atoms with Crippen molar-refractivity contribution in [3.63, 3.8) is 0 Å². The minimum absolute atomic E-state index is 0.426. The predicted molar refractivity (Wildman–Crippen MR) is 95.4 cm³/mol. The summed E-state index contributed by atoms with van der Waals surface area (Å²) in [7, 11) is 0. The van der Waals surface area contributed by atoms with Crippen molar-refractivity contribution in [2.24, 2.45) is 0 Å². The van der Waals surface area contributed by atoms with E-state index in [1.165, 1.54) is 0 Å². The van der Waals surface area contributed by atoms with Gasteiger partial charge in [0.05, 0.1) is 19.8 Å². The summed E-state index contributed by atoms with van der Waals surface area (Å²) in [6.45, 7) is 7.24. The van der Waals surface area contributed by atoms with Gasteiger partial charge in [-0.2, -0.15) is 0 Å². The molecule has 0 saturated heterocycles. The molecular formula is C18H20Cl2O3. The van der Waals surface area contributed by atoms with Gasteiger partial charge in [0, 0.05) is 10.6 Å². The number of benzene rings is 2. The molecule has 2 aromatic rings. The molecule has 124 valence electrons. The van der Waals surface area contributed by atoms with Gasteiger partial charge >= 0.3 is 0 Å². The van der Waals surface area contributed by atoms with Gasteiger partial charge in [-0.25, -0.2) is 0 Å². The molecule has 0 fully saturated rings. The normalized spacial score (nSPS) is 10.5. The number of hydrogen-bond acceptors (Lipinski definition) is 3. The Balaban J connectivity index is 2.68. The van der Waals surface area contributed by atoms with Crippen molar-refractivity contribution in [3.8, 4) is 28.4 Å². The van der Waals surface area contributed by atoms with Crippen molar-refractivity contribution in [2.45, 2.75) is 20.8 Å². The number of rotatable bonds is 7. The van der Waals surface area contributed by atoms with E-state index in [2.05, 4.69) is 0 Å². The molecule has 23 heavy (non-hydrogen) atoms. The van der Waals surface area contributed by atoms with E-state index in [1.807, 2.05) is 51.1 Å². The van der Waals surface area contributed by atoms with Gasteiger partial charge in [0.1, 0.15) is 10.8 Å². The average Bonchev–Trinajstić information content (AvgIpc) is 2.54. The monoisotopic (exact) mass is 354 g/mol. The summed E-state index contributed by atoms with van der Waals surface area (Å²) in [5.74, 6) is 1.70. The van der Waals surface area contributed by atoms with Crippen molar-refractivity contribution in [1.82, 2.24) is 0 Å². The molecule has 0 amide bonds. The molecular weight excluding hydrogens is 335 g/mol. The van der Waals surface area contributed by atoms with Gasteiger partial charge < -0.3 is 14.2 Å². The van der Waals surface area contributed by atoms with E-state index < -0.39 is 0 Å². The summed E-state index contributed by atoms with van der Waals surface area (Å²) in [5, 5.41) is 1.10. The van der Waals surface area contributed by atoms with Crippen molar-refractivity contribution < 1.29 is 14.2 Å². The van der Waals surface area contributed by atoms with Crippen LogP contribution in [-0.2, 0) is 0 Å². The largest absolute Gasteiger partial charge is 0.492 e. The summed E-state index contributed by atoms with van der Waals surface area (Å²) in [6.07, 6.45) is 0. The predicted octanol–water partition coefficient (Wildman–Crippen LogP) is 5.86. The fourth-order valence-corrected chi connectivity index (χ4v) is 2.63. The molecule has 0 unspecified atom stereocenters. The first-order valence-corrected chi connectivity index (χ1v) is 8.38. The third-order valence-corrected chi connectivity index (χ3v) is 3.78. The average molecular weight is 355 g/mol. The van der Waals surface area contributed by atoms with Crippen LogP contribution in [0.4, 0.5) is 0 Å². The first-order valence-electron chi connectivity index (χ1n) is 7.63. The van der Waals surface area contributed by atoms with Crippen molar-refractivity contribution in [2.75, 3.05) is 19.8 Å². The van der Waals surface area contributed by atoms with E-state index >= 15 is 0 Å². The first kappa shape index (κ1) is 17.8. The van der Waals surface area contributed by atoms with Gasteiger partial charge in [0.2, 0.25) is 0 Å². The second kappa shape index (κ2) is 8.32. The van der Waals surface area contributed by atoms with E-state index in [0.717, 1.165) is 11.1 Å². The van der Waals surface area contributed by atoms with Crippen LogP contribution in [0.3, 0.4) is 0 Å². The molecule has 0 atom stereocenters. The quantitative estimate of drug-likeness (QED) is 0.623. The van der Waals surface area contributed by atoms with Gasteiger partial charge in [0.25, 0.3) is 0 Å². The van der Waals surface area contributed by atoms with E-state index in [-0.39, 0.29) is 0 Å². The topological polar surface area (TPSA) is 27.7 Å². The van der Waals surface area contributed by atoms with Crippen molar-refractivity contribution in [3.05, 3.63) is 40.4 Å². The van der Waals surface area contributed by atoms with Gasteiger partial charge in [-0.3, -0.25) is 0 Å². The van der Waals surface area contributed by atoms with E-state index in [9.17, 15) is 0 Å². The lowest BCUT2D eigenvalue weighted by atomic mass is 10.0. The Morgan fingerprint density at radius 2 is 1.35 bits per heavy atom. The SMILES string of the molecule is CCOc1cc(-c2ccc(Cl)cc2)c(OCC)c(OCC)c1Cl. The van der Waals surface area contributed by atoms with E-state index in [4.69, 9.17) is 37.4 Å². The summed E-state index contributed by atoms with van der Waals surface area (Å²) in [6, 6.07) is 9.41. The molecule has 0 saturated carbocycles. The van der Waals surface area contributed by atoms with Crippen LogP contribution in [0, 0.1) is 0 Å². The smallest absolute Gasteiger partial charge is 0.184 e. The Morgan fingerprint density at radius 1 is 0.783 bits per heavy atom. The van der Waals surface area contributed by atoms with Gasteiger partial charge in [-0.05, 0) is 44.5 Å². The van der Waals surface area contributed by atoms with Gasteiger partial charge in [-0.1, -0.05) is 35.3 Å². The number of ether oxygens (including phenoxy) is 3. The van der Waals surface area contributed by atoms with Crippen LogP contribution < -0.4 is 14.2 Å². The molecule has 0 aromatic heterocycles. The summed E-state index contributed by atoms with van der Waals surface area (Å²) >= 11 is 12.4. The third kappa shape index (κ3) is 4.04. The van der Waals surface area contributed by atoms with Crippen LogP contribution in [0.1, 0.15) is 20.8 Å². The van der Waals surface area contributed by atoms with Crippen LogP contribution in [0.5, 0.6) is 17.2 Å². The zero-order valence-electron chi connectivity index (χ0n) is 13.5. The second-order valence-electron chi connectivity index (χ2n) is 4.70. The standard InChI is InChI=1S/C18H20Cl2O3/c1-4-21-15-11-14(12-7-9-13(19)10-8-12)17(22-5-2)18(16(15)20)23-6-3/h7-11H,4-6H2,1-3H3. The molecule has 5 heteroatoms. The Labute approximate surface area is 147 Å². The molecule has 0 aliphatic rings. The summed E-state index contributed by atoms with van der Waals surface area (Å²) in [4.78, 5) is 0. The Bertz CT molecular complexity index is 654. The van der Waals surface area contributed by atoms with Crippen LogP contribution in [0.15, 0.2) is 30.3 Å². The molecule has 0 aliphatic heterocycles. The van der Waals surface area contributed by atoms with E-state index in [1.54, 1.807) is 0 Å². The maximum atomic E-state index is 6.44. The Kier molecular flexibility index (Phi) is 6.43. The minimum Gasteiger partial charge on any atom is -0.492 e. The fourth-order valence-electron chi connectivity index (χ4n) is 2.26. The highest BCUT2D eigenvalue weighted by Crippen LogP contribution is 2.48. The molecule has 3 nitrogen and oxygen atoms in total. The van der Waals surface area contributed by atoms with Crippen LogP contribution >= 0.6 is 23.2 Å². The first-order chi connectivity index (χ1) is 11.1. The molecule has 0 aliphatic carbocycles. The summed E-state index contributed by atoms with van der Waals surface area (Å²) < 4.78 is 17.2. The van der Waals surface area contributed by atoms with Crippen molar-refractivity contribution >= 4 is 23.2 Å². The molecule has 0 spiro atoms. The zero-order chi connectivity index (χ0) is 16.8. The number of hydrogen-bond donors (Lipinski definition) is 0. The Morgan fingerprint density at radius 3 is 1.91 bits per heavy atom. The molecule has 0 heterocycles. The van der Waals surface area contributed by atoms with Gasteiger partial charge in [0.15, 0.2) is 11.5 Å². The second-order valence-corrected chi connectivity index (χ2v) is 5.51. The van der Waals surface area contributed by atoms with E-state index in [0.29, 0.717) is 47.1 Å². The van der Waals surface area contributed by atoms with Crippen LogP contribution in [-0.4, -0.2) is 19.8 Å². The molecule has 0 bridgehead atoms. The van der Waals surface area contributed by atoms with Crippen LogP contribution in [0.2, 0.25) is 10.0 Å². The lowest BCUT2D eigenvalue weighted by molar-refractivity contribution is 0.284. The molecule has 0 radical (unpaired) electrons. The third-order valence-electron chi connectivity index (χ3n) is 3.17. The minimum atomic E-state index is 0.426. The fraction of sp³-hybridized carbons (Fsp3) is 0.333. The molecule has 2 aromatic carbocycles. The highest BCUT2D eigenvalue weighted by atomic mass is 35.5. The lowest BCUT2D eigenvalue weighted by Gasteiger charge is -2.19. The lowest BCUT2D eigenvalue weighted by Crippen LogP contribution is -2.03. The maximum absolute atomic E-state index is 6.44. The zero-order valence-corrected chi connectivity index (χ0v) is 15.0. The molecule has 2 rings (SSSR count). The molecule has 0 N–H and O–H groups in total. The Hall–Kier alpha value is -1.58.